The minimum atomic E-state index is -3.92. The van der Waals surface area contributed by atoms with E-state index in [1.165, 1.54) is 6.07 Å². The lowest BCUT2D eigenvalue weighted by molar-refractivity contribution is -0.118. The van der Waals surface area contributed by atoms with Gasteiger partial charge in [-0.3, -0.25) is 4.79 Å². The molecule has 8 heteroatoms. The minimum absolute atomic E-state index is 0.00571. The highest BCUT2D eigenvalue weighted by Crippen LogP contribution is 2.28. The van der Waals surface area contributed by atoms with Gasteiger partial charge in [-0.2, -0.15) is 0 Å². The molecule has 144 valence electrons. The second-order valence-corrected chi connectivity index (χ2v) is 8.19. The first-order valence-corrected chi connectivity index (χ1v) is 10.3. The van der Waals surface area contributed by atoms with Crippen LogP contribution in [0.15, 0.2) is 36.4 Å². The third kappa shape index (κ3) is 4.33. The van der Waals surface area contributed by atoms with Crippen molar-refractivity contribution in [3.05, 3.63) is 64.7 Å². The lowest BCUT2D eigenvalue weighted by Gasteiger charge is -2.28. The molecule has 5 nitrogen and oxygen atoms in total. The molecule has 1 aliphatic rings. The van der Waals surface area contributed by atoms with Gasteiger partial charge in [-0.05, 0) is 42.7 Å². The van der Waals surface area contributed by atoms with Gasteiger partial charge in [0, 0.05) is 30.8 Å². The summed E-state index contributed by atoms with van der Waals surface area (Å²) < 4.78 is 54.1. The molecular formula is C19H20F2N2O3S. The summed E-state index contributed by atoms with van der Waals surface area (Å²) in [5.74, 6) is -2.48. The number of benzene rings is 2. The number of rotatable bonds is 6. The molecule has 3 rings (SSSR count). The van der Waals surface area contributed by atoms with Gasteiger partial charge in [-0.25, -0.2) is 21.9 Å². The van der Waals surface area contributed by atoms with Crippen molar-refractivity contribution >= 4 is 21.6 Å². The molecule has 0 aliphatic carbocycles. The highest BCUT2D eigenvalue weighted by molar-refractivity contribution is 7.88. The quantitative estimate of drug-likeness (QED) is 0.819. The Kier molecular flexibility index (Phi) is 5.57. The van der Waals surface area contributed by atoms with Crippen molar-refractivity contribution in [1.29, 1.82) is 0 Å². The molecule has 2 aromatic carbocycles. The summed E-state index contributed by atoms with van der Waals surface area (Å²) in [5.41, 5.74) is 2.06. The maximum Gasteiger partial charge on any atom is 0.227 e. The van der Waals surface area contributed by atoms with Gasteiger partial charge < -0.3 is 4.90 Å². The number of carbonyl (C=O) groups is 1. The zero-order valence-electron chi connectivity index (χ0n) is 14.8. The van der Waals surface area contributed by atoms with Crippen LogP contribution in [0.5, 0.6) is 0 Å². The van der Waals surface area contributed by atoms with Crippen LogP contribution in [0.3, 0.4) is 0 Å². The van der Waals surface area contributed by atoms with Gasteiger partial charge in [-0.1, -0.05) is 18.2 Å². The highest BCUT2D eigenvalue weighted by Gasteiger charge is 2.23. The van der Waals surface area contributed by atoms with Crippen LogP contribution < -0.4 is 9.62 Å². The molecule has 0 unspecified atom stereocenters. The van der Waals surface area contributed by atoms with Crippen LogP contribution in [-0.4, -0.2) is 20.9 Å². The lowest BCUT2D eigenvalue weighted by atomic mass is 9.99. The number of nitrogens with zero attached hydrogens (tertiary/aromatic N) is 1. The van der Waals surface area contributed by atoms with Crippen molar-refractivity contribution in [1.82, 2.24) is 4.72 Å². The summed E-state index contributed by atoms with van der Waals surface area (Å²) in [7, 11) is -3.92. The molecule has 0 spiro atoms. The highest BCUT2D eigenvalue weighted by atomic mass is 32.2. The Morgan fingerprint density at radius 2 is 1.81 bits per heavy atom. The first kappa shape index (κ1) is 19.4. The zero-order chi connectivity index (χ0) is 19.6. The number of hydrogen-bond acceptors (Lipinski definition) is 3. The first-order chi connectivity index (χ1) is 12.8. The number of nitrogens with one attached hydrogen (secondary N) is 1. The molecule has 0 saturated carbocycles. The number of amides is 1. The summed E-state index contributed by atoms with van der Waals surface area (Å²) in [6.07, 6.45) is 1.02. The third-order valence-corrected chi connectivity index (χ3v) is 5.81. The monoisotopic (exact) mass is 394 g/mol. The van der Waals surface area contributed by atoms with E-state index >= 15 is 0 Å². The minimum Gasteiger partial charge on any atom is -0.312 e. The summed E-state index contributed by atoms with van der Waals surface area (Å²) >= 11 is 0. The lowest BCUT2D eigenvalue weighted by Crippen LogP contribution is -2.34. The van der Waals surface area contributed by atoms with Crippen molar-refractivity contribution < 1.29 is 22.0 Å². The van der Waals surface area contributed by atoms with Crippen LogP contribution in [0.25, 0.3) is 0 Å². The summed E-state index contributed by atoms with van der Waals surface area (Å²) in [6, 6.07) is 8.64. The Morgan fingerprint density at radius 3 is 2.48 bits per heavy atom. The average Bonchev–Trinajstić information content (AvgIpc) is 2.63. The van der Waals surface area contributed by atoms with E-state index in [1.54, 1.807) is 17.0 Å². The number of aryl methyl sites for hydroxylation is 1. The van der Waals surface area contributed by atoms with Crippen LogP contribution in [0.4, 0.5) is 14.5 Å². The Hall–Kier alpha value is -2.32. The number of carbonyl (C=O) groups excluding carboxylic acids is 1. The number of fused-ring (bicyclic) bond motifs is 1. The van der Waals surface area contributed by atoms with E-state index in [0.717, 1.165) is 28.9 Å². The summed E-state index contributed by atoms with van der Waals surface area (Å²) in [5, 5.41) is 0. The number of anilines is 1. The van der Waals surface area contributed by atoms with Gasteiger partial charge in [0.15, 0.2) is 0 Å². The Balaban J connectivity index is 1.72. The van der Waals surface area contributed by atoms with Crippen molar-refractivity contribution in [2.24, 2.45) is 0 Å². The molecule has 1 amide bonds. The molecule has 0 saturated heterocycles. The third-order valence-electron chi connectivity index (χ3n) is 4.55. The Morgan fingerprint density at radius 1 is 1.11 bits per heavy atom. The van der Waals surface area contributed by atoms with E-state index in [0.29, 0.717) is 19.4 Å². The van der Waals surface area contributed by atoms with Crippen molar-refractivity contribution in [3.63, 3.8) is 0 Å². The van der Waals surface area contributed by atoms with Crippen molar-refractivity contribution in [2.45, 2.75) is 32.1 Å². The van der Waals surface area contributed by atoms with Gasteiger partial charge in [0.25, 0.3) is 0 Å². The van der Waals surface area contributed by atoms with Crippen LogP contribution in [0, 0.1) is 11.6 Å². The smallest absolute Gasteiger partial charge is 0.227 e. The standard InChI is InChI=1S/C19H20F2N2O3S/c1-2-23-18-8-6-13(10-14(18)7-9-19(23)24)11-22-27(25,26)12-15-16(20)4-3-5-17(15)21/h3-6,8,10,22H,2,7,9,11-12H2,1H3. The van der Waals surface area contributed by atoms with Gasteiger partial charge in [0.05, 0.1) is 5.75 Å². The maximum absolute atomic E-state index is 13.7. The predicted molar refractivity (Wildman–Crippen MR) is 98.6 cm³/mol. The molecule has 1 N–H and O–H groups in total. The second-order valence-electron chi connectivity index (χ2n) is 6.38. The van der Waals surface area contributed by atoms with Crippen molar-refractivity contribution in [3.8, 4) is 0 Å². The van der Waals surface area contributed by atoms with E-state index < -0.39 is 33.0 Å². The molecule has 1 aliphatic heterocycles. The second kappa shape index (κ2) is 7.74. The van der Waals surface area contributed by atoms with E-state index in [9.17, 15) is 22.0 Å². The van der Waals surface area contributed by atoms with E-state index in [2.05, 4.69) is 4.72 Å². The zero-order valence-corrected chi connectivity index (χ0v) is 15.7. The largest absolute Gasteiger partial charge is 0.312 e. The topological polar surface area (TPSA) is 66.5 Å². The van der Waals surface area contributed by atoms with Gasteiger partial charge in [0.1, 0.15) is 11.6 Å². The van der Waals surface area contributed by atoms with Crippen LogP contribution >= 0.6 is 0 Å². The SMILES string of the molecule is CCN1C(=O)CCc2cc(CNS(=O)(=O)Cc3c(F)cccc3F)ccc21. The van der Waals surface area contributed by atoms with Crippen LogP contribution in [0.2, 0.25) is 0 Å². The van der Waals surface area contributed by atoms with Crippen LogP contribution in [-0.2, 0) is 33.5 Å². The molecule has 1 heterocycles. The molecule has 0 bridgehead atoms. The van der Waals surface area contributed by atoms with Crippen molar-refractivity contribution in [2.75, 3.05) is 11.4 Å². The van der Waals surface area contributed by atoms with E-state index in [-0.39, 0.29) is 12.5 Å². The summed E-state index contributed by atoms with van der Waals surface area (Å²) in [6.45, 7) is 2.48. The average molecular weight is 394 g/mol. The molecule has 0 aromatic heterocycles. The Labute approximate surface area is 157 Å². The van der Waals surface area contributed by atoms with E-state index in [1.807, 2.05) is 13.0 Å². The predicted octanol–water partition coefficient (Wildman–Crippen LogP) is 2.88. The number of sulfonamides is 1. The normalized spacial score (nSPS) is 14.3. The molecule has 0 atom stereocenters. The van der Waals surface area contributed by atoms with Gasteiger partial charge >= 0.3 is 0 Å². The fourth-order valence-electron chi connectivity index (χ4n) is 3.17. The first-order valence-electron chi connectivity index (χ1n) is 8.63. The van der Waals surface area contributed by atoms with Crippen LogP contribution in [0.1, 0.15) is 30.0 Å². The molecule has 27 heavy (non-hydrogen) atoms. The van der Waals surface area contributed by atoms with Gasteiger partial charge in [-0.15, -0.1) is 0 Å². The summed E-state index contributed by atoms with van der Waals surface area (Å²) in [4.78, 5) is 13.6. The molecular weight excluding hydrogens is 374 g/mol. The Bertz CT molecular complexity index is 957. The maximum atomic E-state index is 13.7. The van der Waals surface area contributed by atoms with Gasteiger partial charge in [0.2, 0.25) is 15.9 Å². The number of halogens is 2. The van der Waals surface area contributed by atoms with E-state index in [4.69, 9.17) is 0 Å². The molecule has 2 aromatic rings. The molecule has 0 fully saturated rings. The molecule has 0 radical (unpaired) electrons. The number of hydrogen-bond donors (Lipinski definition) is 1. The fraction of sp³-hybridized carbons (Fsp3) is 0.316. The fourth-order valence-corrected chi connectivity index (χ4v) is 4.32.